The summed E-state index contributed by atoms with van der Waals surface area (Å²) in [6.45, 7) is 6.45. The van der Waals surface area contributed by atoms with Crippen LogP contribution in [0.5, 0.6) is 5.75 Å². The predicted octanol–water partition coefficient (Wildman–Crippen LogP) is 6.73. The summed E-state index contributed by atoms with van der Waals surface area (Å²) in [4.78, 5) is 6.76. The van der Waals surface area contributed by atoms with Crippen LogP contribution in [-0.4, -0.2) is 55.0 Å². The average molecular weight is 537 g/mol. The van der Waals surface area contributed by atoms with Gasteiger partial charge in [0.15, 0.2) is 11.6 Å². The Labute approximate surface area is 228 Å². The van der Waals surface area contributed by atoms with Crippen LogP contribution < -0.4 is 4.90 Å². The van der Waals surface area contributed by atoms with Crippen LogP contribution in [-0.2, 0) is 0 Å². The minimum absolute atomic E-state index is 0.0648. The lowest BCUT2D eigenvalue weighted by Gasteiger charge is -2.45. The van der Waals surface area contributed by atoms with Gasteiger partial charge in [0.05, 0.1) is 24.0 Å². The van der Waals surface area contributed by atoms with E-state index >= 15 is 4.39 Å². The molecule has 1 aromatic carbocycles. The molecule has 2 fully saturated rings. The normalized spacial score (nSPS) is 26.0. The number of thioether (sulfide) groups is 1. The summed E-state index contributed by atoms with van der Waals surface area (Å²) in [7, 11) is 0. The van der Waals surface area contributed by atoms with Crippen LogP contribution in [0.15, 0.2) is 41.7 Å². The smallest absolute Gasteiger partial charge is 0.185 e. The first-order valence-corrected chi connectivity index (χ1v) is 14.9. The quantitative estimate of drug-likeness (QED) is 0.333. The van der Waals surface area contributed by atoms with Gasteiger partial charge in [0.25, 0.3) is 0 Å². The van der Waals surface area contributed by atoms with Gasteiger partial charge in [-0.2, -0.15) is 5.10 Å². The van der Waals surface area contributed by atoms with Crippen molar-refractivity contribution in [2.24, 2.45) is 11.3 Å². The first kappa shape index (κ1) is 26.8. The van der Waals surface area contributed by atoms with E-state index in [9.17, 15) is 5.11 Å². The van der Waals surface area contributed by atoms with Crippen molar-refractivity contribution in [1.29, 1.82) is 0 Å². The molecule has 4 atom stereocenters. The maximum Gasteiger partial charge on any atom is 0.185 e. The molecular formula is C29H37FN6OS. The van der Waals surface area contributed by atoms with Crippen molar-refractivity contribution in [3.05, 3.63) is 36.7 Å². The largest absolute Gasteiger partial charge is 0.507 e. The fourth-order valence-electron chi connectivity index (χ4n) is 5.73. The Hall–Kier alpha value is -2.81. The number of alkyl halides is 1. The Kier molecular flexibility index (Phi) is 7.84. The Morgan fingerprint density at radius 2 is 1.92 bits per heavy atom. The van der Waals surface area contributed by atoms with E-state index in [0.29, 0.717) is 23.1 Å². The van der Waals surface area contributed by atoms with Crippen LogP contribution in [0.4, 0.5) is 10.2 Å². The number of anilines is 1. The molecule has 2 heterocycles. The second kappa shape index (κ2) is 11.1. The molecule has 0 spiro atoms. The molecule has 38 heavy (non-hydrogen) atoms. The Morgan fingerprint density at radius 1 is 1.11 bits per heavy atom. The summed E-state index contributed by atoms with van der Waals surface area (Å²) in [6.07, 6.45) is 11.2. The van der Waals surface area contributed by atoms with Crippen molar-refractivity contribution in [2.45, 2.75) is 89.0 Å². The first-order valence-electron chi connectivity index (χ1n) is 13.7. The highest BCUT2D eigenvalue weighted by atomic mass is 32.2. The number of rotatable bonds is 7. The third-order valence-corrected chi connectivity index (χ3v) is 9.04. The van der Waals surface area contributed by atoms with Gasteiger partial charge >= 0.3 is 0 Å². The van der Waals surface area contributed by atoms with Crippen LogP contribution in [0.2, 0.25) is 0 Å². The molecule has 0 aliphatic heterocycles. The lowest BCUT2D eigenvalue weighted by atomic mass is 9.71. The lowest BCUT2D eigenvalue weighted by molar-refractivity contribution is 0.0577. The molecule has 0 radical (unpaired) electrons. The number of hydrogen-bond donors (Lipinski definition) is 1. The van der Waals surface area contributed by atoms with Gasteiger partial charge in [-0.3, -0.25) is 0 Å². The number of aromatic hydroxyl groups is 1. The first-order chi connectivity index (χ1) is 18.3. The van der Waals surface area contributed by atoms with Crippen molar-refractivity contribution < 1.29 is 9.50 Å². The van der Waals surface area contributed by atoms with E-state index < -0.39 is 6.17 Å². The summed E-state index contributed by atoms with van der Waals surface area (Å²) >= 11 is 1.51. The van der Waals surface area contributed by atoms with Crippen molar-refractivity contribution in [3.63, 3.8) is 0 Å². The Bertz CT molecular complexity index is 1260. The van der Waals surface area contributed by atoms with Gasteiger partial charge in [-0.25, -0.2) is 9.37 Å². The van der Waals surface area contributed by atoms with Crippen LogP contribution in [0.3, 0.4) is 0 Å². The standard InChI is InChI=1S/C29H37FN6OS/c1-5-29(3)12-6-7-18(2)13-23(27(29)30)36(21-9-10-21)25-17-31-28(35-33-25)22-11-8-19(14-24(22)37)20-15-26(38-4)34-32-16-20/h8,11,14-18,21,23,27,37H,5-7,9-10,12-13H2,1-4H3/t18?,23-,27-,29+/m0/s1. The molecule has 2 aromatic heterocycles. The molecule has 0 bridgehead atoms. The van der Waals surface area contributed by atoms with Gasteiger partial charge in [0.1, 0.15) is 16.9 Å². The van der Waals surface area contributed by atoms with Gasteiger partial charge < -0.3 is 10.0 Å². The molecule has 5 rings (SSSR count). The molecule has 1 N–H and O–H groups in total. The molecule has 2 aliphatic rings. The predicted molar refractivity (Wildman–Crippen MR) is 150 cm³/mol. The van der Waals surface area contributed by atoms with Gasteiger partial charge in [-0.15, -0.1) is 27.1 Å². The molecule has 2 aliphatic carbocycles. The Morgan fingerprint density at radius 3 is 2.58 bits per heavy atom. The second-order valence-electron chi connectivity index (χ2n) is 11.2. The highest BCUT2D eigenvalue weighted by Gasteiger charge is 2.46. The van der Waals surface area contributed by atoms with E-state index in [1.54, 1.807) is 24.5 Å². The van der Waals surface area contributed by atoms with Crippen molar-refractivity contribution in [3.8, 4) is 28.3 Å². The topological polar surface area (TPSA) is 87.9 Å². The number of hydrogen-bond acceptors (Lipinski definition) is 8. The third kappa shape index (κ3) is 5.48. The van der Waals surface area contributed by atoms with Gasteiger partial charge in [-0.05, 0) is 68.0 Å². The second-order valence-corrected chi connectivity index (χ2v) is 12.0. The summed E-state index contributed by atoms with van der Waals surface area (Å²) < 4.78 is 16.3. The molecule has 2 saturated carbocycles. The zero-order valence-corrected chi connectivity index (χ0v) is 23.5. The van der Waals surface area contributed by atoms with E-state index in [1.807, 2.05) is 18.4 Å². The van der Waals surface area contributed by atoms with Gasteiger partial charge in [0, 0.05) is 17.0 Å². The highest BCUT2D eigenvalue weighted by molar-refractivity contribution is 7.98. The maximum absolute atomic E-state index is 16.3. The zero-order chi connectivity index (χ0) is 26.9. The number of phenolic OH excluding ortho intramolecular Hbond substituents is 1. The number of benzene rings is 1. The summed E-state index contributed by atoms with van der Waals surface area (Å²) in [6, 6.07) is 7.35. The molecule has 9 heteroatoms. The molecule has 1 unspecified atom stereocenters. The van der Waals surface area contributed by atoms with E-state index in [2.05, 4.69) is 51.0 Å². The third-order valence-electron chi connectivity index (χ3n) is 8.42. The minimum Gasteiger partial charge on any atom is -0.507 e. The Balaban J connectivity index is 1.42. The number of phenols is 1. The zero-order valence-electron chi connectivity index (χ0n) is 22.6. The molecule has 0 amide bonds. The SMILES string of the molecule is CC[C@]1(C)CCCC(C)C[C@H](N(c2cnc(-c3ccc(-c4cnnc(SC)c4)cc3O)nn2)C2CC2)[C@@H]1F. The highest BCUT2D eigenvalue weighted by Crippen LogP contribution is 2.45. The van der Waals surface area contributed by atoms with Crippen LogP contribution in [0.25, 0.3) is 22.5 Å². The van der Waals surface area contributed by atoms with E-state index in [4.69, 9.17) is 0 Å². The van der Waals surface area contributed by atoms with Gasteiger partial charge in [0.2, 0.25) is 0 Å². The molecule has 3 aromatic rings. The molecule has 0 saturated heterocycles. The van der Waals surface area contributed by atoms with Crippen LogP contribution >= 0.6 is 11.8 Å². The molecule has 202 valence electrons. The lowest BCUT2D eigenvalue weighted by Crippen LogP contribution is -2.51. The average Bonchev–Trinajstić information content (AvgIpc) is 3.77. The van der Waals surface area contributed by atoms with E-state index in [-0.39, 0.29) is 23.2 Å². The van der Waals surface area contributed by atoms with Crippen molar-refractivity contribution in [1.82, 2.24) is 25.4 Å². The monoisotopic (exact) mass is 536 g/mol. The van der Waals surface area contributed by atoms with E-state index in [1.165, 1.54) is 11.8 Å². The minimum atomic E-state index is -0.941. The number of halogens is 1. The summed E-state index contributed by atoms with van der Waals surface area (Å²) in [5.74, 6) is 1.49. The molecule has 7 nitrogen and oxygen atoms in total. The van der Waals surface area contributed by atoms with Crippen molar-refractivity contribution in [2.75, 3.05) is 11.2 Å². The fourth-order valence-corrected chi connectivity index (χ4v) is 6.10. The van der Waals surface area contributed by atoms with Crippen LogP contribution in [0, 0.1) is 11.3 Å². The van der Waals surface area contributed by atoms with Crippen LogP contribution in [0.1, 0.15) is 65.7 Å². The number of nitrogens with zero attached hydrogens (tertiary/aromatic N) is 6. The summed E-state index contributed by atoms with van der Waals surface area (Å²) in [5, 5.41) is 28.7. The number of aromatic nitrogens is 5. The van der Waals surface area contributed by atoms with E-state index in [0.717, 1.165) is 61.1 Å². The molecular weight excluding hydrogens is 499 g/mol. The maximum atomic E-state index is 16.3. The fraction of sp³-hybridized carbons (Fsp3) is 0.552. The van der Waals surface area contributed by atoms with Crippen molar-refractivity contribution >= 4 is 17.6 Å². The summed E-state index contributed by atoms with van der Waals surface area (Å²) in [5.41, 5.74) is 1.85. The van der Waals surface area contributed by atoms with Gasteiger partial charge in [-0.1, -0.05) is 39.7 Å².